The molecule has 2 aliphatic carbocycles. The van der Waals surface area contributed by atoms with E-state index >= 15 is 0 Å². The zero-order valence-corrected chi connectivity index (χ0v) is 9.28. The molecular weight excluding hydrogens is 172 g/mol. The van der Waals surface area contributed by atoms with Gasteiger partial charge in [-0.15, -0.1) is 0 Å². The van der Waals surface area contributed by atoms with E-state index in [1.807, 2.05) is 0 Å². The van der Waals surface area contributed by atoms with Crippen molar-refractivity contribution in [3.63, 3.8) is 0 Å². The SMILES string of the molecule is CCC1CCC1CCC1CC(N)C1N. The van der Waals surface area contributed by atoms with E-state index in [9.17, 15) is 0 Å². The van der Waals surface area contributed by atoms with Crippen LogP contribution in [-0.4, -0.2) is 12.1 Å². The highest BCUT2D eigenvalue weighted by atomic mass is 14.8. The lowest BCUT2D eigenvalue weighted by Gasteiger charge is -2.43. The zero-order chi connectivity index (χ0) is 10.1. The topological polar surface area (TPSA) is 52.0 Å². The average molecular weight is 196 g/mol. The average Bonchev–Trinajstić information content (AvgIpc) is 2.15. The van der Waals surface area contributed by atoms with Gasteiger partial charge >= 0.3 is 0 Å². The first-order valence-electron chi connectivity index (χ1n) is 6.23. The largest absolute Gasteiger partial charge is 0.326 e. The molecule has 2 fully saturated rings. The summed E-state index contributed by atoms with van der Waals surface area (Å²) in [6, 6.07) is 0.596. The van der Waals surface area contributed by atoms with Gasteiger partial charge in [0.2, 0.25) is 0 Å². The second kappa shape index (κ2) is 4.19. The van der Waals surface area contributed by atoms with Crippen LogP contribution in [0.4, 0.5) is 0 Å². The summed E-state index contributed by atoms with van der Waals surface area (Å²) in [5.41, 5.74) is 11.7. The van der Waals surface area contributed by atoms with Gasteiger partial charge in [0.05, 0.1) is 0 Å². The van der Waals surface area contributed by atoms with Crippen LogP contribution in [0, 0.1) is 17.8 Å². The van der Waals surface area contributed by atoms with E-state index in [0.717, 1.165) is 17.8 Å². The lowest BCUT2D eigenvalue weighted by Crippen LogP contribution is -2.57. The van der Waals surface area contributed by atoms with Gasteiger partial charge in [-0.3, -0.25) is 0 Å². The Kier molecular flexibility index (Phi) is 3.13. The monoisotopic (exact) mass is 196 g/mol. The van der Waals surface area contributed by atoms with E-state index in [1.54, 1.807) is 0 Å². The second-order valence-corrected chi connectivity index (χ2v) is 5.32. The molecule has 5 unspecified atom stereocenters. The third-order valence-electron chi connectivity index (χ3n) is 4.62. The van der Waals surface area contributed by atoms with Crippen molar-refractivity contribution in [3.05, 3.63) is 0 Å². The lowest BCUT2D eigenvalue weighted by atomic mass is 9.66. The minimum Gasteiger partial charge on any atom is -0.326 e. The molecule has 0 aliphatic heterocycles. The molecule has 0 heterocycles. The van der Waals surface area contributed by atoms with Gasteiger partial charge in [-0.1, -0.05) is 13.3 Å². The first-order chi connectivity index (χ1) is 6.72. The summed E-state index contributed by atoms with van der Waals surface area (Å²) in [7, 11) is 0. The molecule has 2 saturated carbocycles. The van der Waals surface area contributed by atoms with Gasteiger partial charge in [0.25, 0.3) is 0 Å². The summed E-state index contributed by atoms with van der Waals surface area (Å²) in [6.45, 7) is 2.32. The fourth-order valence-corrected chi connectivity index (χ4v) is 3.11. The molecule has 4 N–H and O–H groups in total. The predicted molar refractivity (Wildman–Crippen MR) is 59.8 cm³/mol. The highest BCUT2D eigenvalue weighted by Gasteiger charge is 2.37. The molecule has 14 heavy (non-hydrogen) atoms. The summed E-state index contributed by atoms with van der Waals surface area (Å²) < 4.78 is 0. The summed E-state index contributed by atoms with van der Waals surface area (Å²) >= 11 is 0. The summed E-state index contributed by atoms with van der Waals surface area (Å²) in [6.07, 6.45) is 8.22. The van der Waals surface area contributed by atoms with Crippen LogP contribution in [0.25, 0.3) is 0 Å². The number of rotatable bonds is 4. The molecule has 0 bridgehead atoms. The van der Waals surface area contributed by atoms with Crippen LogP contribution in [0.15, 0.2) is 0 Å². The van der Waals surface area contributed by atoms with Crippen LogP contribution in [0.3, 0.4) is 0 Å². The molecule has 0 spiro atoms. The van der Waals surface area contributed by atoms with Crippen LogP contribution < -0.4 is 11.5 Å². The Morgan fingerprint density at radius 3 is 2.07 bits per heavy atom. The van der Waals surface area contributed by atoms with Crippen molar-refractivity contribution in [2.24, 2.45) is 29.2 Å². The first-order valence-corrected chi connectivity index (χ1v) is 6.23. The van der Waals surface area contributed by atoms with Crippen LogP contribution in [-0.2, 0) is 0 Å². The Morgan fingerprint density at radius 1 is 1.00 bits per heavy atom. The van der Waals surface area contributed by atoms with Crippen molar-refractivity contribution in [1.82, 2.24) is 0 Å². The highest BCUT2D eigenvalue weighted by Crippen LogP contribution is 2.41. The normalized spacial score (nSPS) is 46.9. The molecule has 0 radical (unpaired) electrons. The van der Waals surface area contributed by atoms with Gasteiger partial charge in [0.15, 0.2) is 0 Å². The molecule has 0 aromatic carbocycles. The molecule has 0 amide bonds. The van der Waals surface area contributed by atoms with Gasteiger partial charge in [-0.2, -0.15) is 0 Å². The van der Waals surface area contributed by atoms with Crippen molar-refractivity contribution >= 4 is 0 Å². The Bertz CT molecular complexity index is 187. The maximum Gasteiger partial charge on any atom is 0.0221 e. The second-order valence-electron chi connectivity index (χ2n) is 5.32. The highest BCUT2D eigenvalue weighted by molar-refractivity contribution is 4.96. The summed E-state index contributed by atoms with van der Waals surface area (Å²) in [5, 5.41) is 0. The Labute approximate surface area is 87.4 Å². The zero-order valence-electron chi connectivity index (χ0n) is 9.28. The Hall–Kier alpha value is -0.0800. The minimum absolute atomic E-state index is 0.295. The molecule has 2 rings (SSSR count). The van der Waals surface area contributed by atoms with Crippen molar-refractivity contribution in [1.29, 1.82) is 0 Å². The quantitative estimate of drug-likeness (QED) is 0.721. The smallest absolute Gasteiger partial charge is 0.0221 e. The Morgan fingerprint density at radius 2 is 1.64 bits per heavy atom. The summed E-state index contributed by atoms with van der Waals surface area (Å²) in [5.74, 6) is 2.78. The van der Waals surface area contributed by atoms with Gasteiger partial charge in [0.1, 0.15) is 0 Å². The summed E-state index contributed by atoms with van der Waals surface area (Å²) in [4.78, 5) is 0. The van der Waals surface area contributed by atoms with Crippen molar-refractivity contribution in [2.45, 2.75) is 57.5 Å². The van der Waals surface area contributed by atoms with Gasteiger partial charge < -0.3 is 11.5 Å². The molecule has 2 heteroatoms. The molecular formula is C12H24N2. The minimum atomic E-state index is 0.295. The standard InChI is InChI=1S/C12H24N2/c1-2-8-3-4-9(8)5-6-10-7-11(13)12(10)14/h8-12H,2-7,13-14H2,1H3. The fraction of sp³-hybridized carbons (Fsp3) is 1.00. The van der Waals surface area contributed by atoms with Gasteiger partial charge in [-0.05, 0) is 49.9 Å². The number of nitrogens with two attached hydrogens (primary N) is 2. The van der Waals surface area contributed by atoms with E-state index < -0.39 is 0 Å². The van der Waals surface area contributed by atoms with E-state index in [2.05, 4.69) is 6.92 Å². The van der Waals surface area contributed by atoms with Crippen molar-refractivity contribution < 1.29 is 0 Å². The molecule has 0 saturated heterocycles. The van der Waals surface area contributed by atoms with Crippen LogP contribution in [0.1, 0.15) is 45.4 Å². The first kappa shape index (κ1) is 10.4. The van der Waals surface area contributed by atoms with Crippen LogP contribution in [0.2, 0.25) is 0 Å². The molecule has 2 aliphatic rings. The molecule has 0 aromatic heterocycles. The van der Waals surface area contributed by atoms with Gasteiger partial charge in [0, 0.05) is 12.1 Å². The van der Waals surface area contributed by atoms with E-state index in [4.69, 9.17) is 11.5 Å². The molecule has 82 valence electrons. The van der Waals surface area contributed by atoms with E-state index in [1.165, 1.54) is 38.5 Å². The number of hydrogen-bond acceptors (Lipinski definition) is 2. The predicted octanol–water partition coefficient (Wildman–Crippen LogP) is 1.88. The molecule has 0 aromatic rings. The molecule has 2 nitrogen and oxygen atoms in total. The van der Waals surface area contributed by atoms with E-state index in [0.29, 0.717) is 12.1 Å². The maximum absolute atomic E-state index is 5.95. The number of hydrogen-bond donors (Lipinski definition) is 2. The maximum atomic E-state index is 5.95. The lowest BCUT2D eigenvalue weighted by molar-refractivity contribution is 0.121. The van der Waals surface area contributed by atoms with Crippen molar-refractivity contribution in [3.8, 4) is 0 Å². The third kappa shape index (κ3) is 1.82. The van der Waals surface area contributed by atoms with Crippen LogP contribution >= 0.6 is 0 Å². The van der Waals surface area contributed by atoms with E-state index in [-0.39, 0.29) is 0 Å². The van der Waals surface area contributed by atoms with Gasteiger partial charge in [-0.25, -0.2) is 0 Å². The van der Waals surface area contributed by atoms with Crippen LogP contribution in [0.5, 0.6) is 0 Å². The van der Waals surface area contributed by atoms with Crippen molar-refractivity contribution in [2.75, 3.05) is 0 Å². The Balaban J connectivity index is 1.63. The fourth-order valence-electron chi connectivity index (χ4n) is 3.11. The molecule has 5 atom stereocenters. The third-order valence-corrected chi connectivity index (χ3v) is 4.62.